The Kier molecular flexibility index (Phi) is 9.09. The third kappa shape index (κ3) is 6.64. The SMILES string of the molecule is CCC(CC)C(CNC(=O)CCNC)N(C)C. The molecule has 1 unspecified atom stereocenters. The Balaban J connectivity index is 4.13. The zero-order chi connectivity index (χ0) is 13.3. The van der Waals surface area contributed by atoms with Gasteiger partial charge in [-0.1, -0.05) is 26.7 Å². The van der Waals surface area contributed by atoms with Gasteiger partial charge in [0.1, 0.15) is 0 Å². The number of amides is 1. The van der Waals surface area contributed by atoms with E-state index in [0.29, 0.717) is 18.4 Å². The van der Waals surface area contributed by atoms with Gasteiger partial charge in [0.2, 0.25) is 5.91 Å². The molecule has 0 fully saturated rings. The summed E-state index contributed by atoms with van der Waals surface area (Å²) in [4.78, 5) is 13.8. The predicted octanol–water partition coefficient (Wildman–Crippen LogP) is 1.08. The summed E-state index contributed by atoms with van der Waals surface area (Å²) in [5.74, 6) is 0.784. The quantitative estimate of drug-likeness (QED) is 0.637. The van der Waals surface area contributed by atoms with Gasteiger partial charge in [-0.3, -0.25) is 4.79 Å². The van der Waals surface area contributed by atoms with Crippen LogP contribution in [0.5, 0.6) is 0 Å². The Morgan fingerprint density at radius 1 is 1.24 bits per heavy atom. The summed E-state index contributed by atoms with van der Waals surface area (Å²) in [6.45, 7) is 5.92. The maximum Gasteiger partial charge on any atom is 0.221 e. The number of hydrogen-bond acceptors (Lipinski definition) is 3. The van der Waals surface area contributed by atoms with Crippen molar-refractivity contribution in [2.45, 2.75) is 39.2 Å². The fourth-order valence-electron chi connectivity index (χ4n) is 2.15. The molecule has 0 aromatic rings. The zero-order valence-electron chi connectivity index (χ0n) is 12.0. The summed E-state index contributed by atoms with van der Waals surface area (Å²) in [5.41, 5.74) is 0. The molecule has 0 aliphatic rings. The summed E-state index contributed by atoms with van der Waals surface area (Å²) >= 11 is 0. The fourth-order valence-corrected chi connectivity index (χ4v) is 2.15. The van der Waals surface area contributed by atoms with E-state index < -0.39 is 0 Å². The third-order valence-corrected chi connectivity index (χ3v) is 3.37. The molecule has 1 atom stereocenters. The van der Waals surface area contributed by atoms with Crippen LogP contribution in [0.2, 0.25) is 0 Å². The lowest BCUT2D eigenvalue weighted by Crippen LogP contribution is -2.45. The van der Waals surface area contributed by atoms with Crippen molar-refractivity contribution in [1.29, 1.82) is 0 Å². The number of nitrogens with zero attached hydrogens (tertiary/aromatic N) is 1. The molecule has 102 valence electrons. The Morgan fingerprint density at radius 3 is 2.24 bits per heavy atom. The number of rotatable bonds is 9. The van der Waals surface area contributed by atoms with Crippen LogP contribution in [-0.2, 0) is 4.79 Å². The minimum Gasteiger partial charge on any atom is -0.354 e. The van der Waals surface area contributed by atoms with Gasteiger partial charge in [-0.15, -0.1) is 0 Å². The maximum atomic E-state index is 11.6. The molecule has 0 aliphatic carbocycles. The Labute approximate surface area is 106 Å². The molecule has 4 heteroatoms. The topological polar surface area (TPSA) is 44.4 Å². The number of nitrogens with one attached hydrogen (secondary N) is 2. The van der Waals surface area contributed by atoms with Crippen molar-refractivity contribution in [3.05, 3.63) is 0 Å². The summed E-state index contributed by atoms with van der Waals surface area (Å²) in [7, 11) is 6.03. The molecule has 1 amide bonds. The largest absolute Gasteiger partial charge is 0.354 e. The van der Waals surface area contributed by atoms with E-state index in [4.69, 9.17) is 0 Å². The van der Waals surface area contributed by atoms with Gasteiger partial charge in [0.05, 0.1) is 0 Å². The van der Waals surface area contributed by atoms with Crippen LogP contribution in [0.1, 0.15) is 33.1 Å². The first-order valence-electron chi connectivity index (χ1n) is 6.64. The molecule has 0 aromatic carbocycles. The molecule has 0 radical (unpaired) electrons. The molecule has 0 saturated heterocycles. The Morgan fingerprint density at radius 2 is 1.82 bits per heavy atom. The molecule has 2 N–H and O–H groups in total. The van der Waals surface area contributed by atoms with Gasteiger partial charge >= 0.3 is 0 Å². The van der Waals surface area contributed by atoms with Crippen LogP contribution >= 0.6 is 0 Å². The van der Waals surface area contributed by atoms with Gasteiger partial charge in [-0.25, -0.2) is 0 Å². The van der Waals surface area contributed by atoms with E-state index in [1.165, 1.54) is 0 Å². The smallest absolute Gasteiger partial charge is 0.221 e. The molecule has 0 heterocycles. The summed E-state index contributed by atoms with van der Waals surface area (Å²) < 4.78 is 0. The van der Waals surface area contributed by atoms with Gasteiger partial charge in [-0.2, -0.15) is 0 Å². The van der Waals surface area contributed by atoms with E-state index >= 15 is 0 Å². The zero-order valence-corrected chi connectivity index (χ0v) is 12.0. The molecule has 0 aliphatic heterocycles. The number of hydrogen-bond donors (Lipinski definition) is 2. The van der Waals surface area contributed by atoms with Crippen LogP contribution in [-0.4, -0.2) is 51.1 Å². The van der Waals surface area contributed by atoms with Crippen LogP contribution in [0.3, 0.4) is 0 Å². The predicted molar refractivity (Wildman–Crippen MR) is 73.1 cm³/mol. The average molecular weight is 243 g/mol. The molecule has 0 bridgehead atoms. The summed E-state index contributed by atoms with van der Waals surface area (Å²) in [6.07, 6.45) is 2.87. The molecule has 0 spiro atoms. The van der Waals surface area contributed by atoms with Crippen LogP contribution < -0.4 is 10.6 Å². The minimum atomic E-state index is 0.136. The summed E-state index contributed by atoms with van der Waals surface area (Å²) in [5, 5.41) is 6.01. The second-order valence-corrected chi connectivity index (χ2v) is 4.77. The van der Waals surface area contributed by atoms with Gasteiger partial charge < -0.3 is 15.5 Å². The van der Waals surface area contributed by atoms with E-state index in [-0.39, 0.29) is 5.91 Å². The molecular weight excluding hydrogens is 214 g/mol. The second kappa shape index (κ2) is 9.42. The Hall–Kier alpha value is -0.610. The van der Waals surface area contributed by atoms with Crippen molar-refractivity contribution in [1.82, 2.24) is 15.5 Å². The lowest BCUT2D eigenvalue weighted by molar-refractivity contribution is -0.121. The van der Waals surface area contributed by atoms with Crippen molar-refractivity contribution < 1.29 is 4.79 Å². The highest BCUT2D eigenvalue weighted by molar-refractivity contribution is 5.76. The monoisotopic (exact) mass is 243 g/mol. The van der Waals surface area contributed by atoms with Crippen LogP contribution in [0.25, 0.3) is 0 Å². The minimum absolute atomic E-state index is 0.136. The molecular formula is C13H29N3O. The van der Waals surface area contributed by atoms with E-state index in [1.54, 1.807) is 0 Å². The van der Waals surface area contributed by atoms with E-state index in [2.05, 4.69) is 43.5 Å². The molecule has 0 saturated carbocycles. The van der Waals surface area contributed by atoms with Crippen LogP contribution in [0, 0.1) is 5.92 Å². The average Bonchev–Trinajstić information content (AvgIpc) is 2.31. The normalized spacial score (nSPS) is 13.1. The molecule has 4 nitrogen and oxygen atoms in total. The molecule has 17 heavy (non-hydrogen) atoms. The number of carbonyl (C=O) groups excluding carboxylic acids is 1. The first kappa shape index (κ1) is 16.4. The molecule has 0 rings (SSSR count). The first-order valence-corrected chi connectivity index (χ1v) is 6.64. The number of likely N-dealkylation sites (N-methyl/N-ethyl adjacent to an activating group) is 1. The van der Waals surface area contributed by atoms with E-state index in [0.717, 1.165) is 25.9 Å². The maximum absolute atomic E-state index is 11.6. The van der Waals surface area contributed by atoms with Gasteiger partial charge in [0, 0.05) is 25.6 Å². The van der Waals surface area contributed by atoms with E-state index in [9.17, 15) is 4.79 Å². The number of carbonyl (C=O) groups is 1. The van der Waals surface area contributed by atoms with Crippen molar-refractivity contribution in [3.8, 4) is 0 Å². The second-order valence-electron chi connectivity index (χ2n) is 4.77. The van der Waals surface area contributed by atoms with Crippen LogP contribution in [0.4, 0.5) is 0 Å². The van der Waals surface area contributed by atoms with Crippen molar-refractivity contribution in [3.63, 3.8) is 0 Å². The Bertz CT molecular complexity index is 203. The lowest BCUT2D eigenvalue weighted by Gasteiger charge is -2.31. The fraction of sp³-hybridized carbons (Fsp3) is 0.923. The highest BCUT2D eigenvalue weighted by Crippen LogP contribution is 2.16. The van der Waals surface area contributed by atoms with Gasteiger partial charge in [-0.05, 0) is 27.1 Å². The highest BCUT2D eigenvalue weighted by Gasteiger charge is 2.20. The van der Waals surface area contributed by atoms with E-state index in [1.807, 2.05) is 7.05 Å². The van der Waals surface area contributed by atoms with Crippen molar-refractivity contribution in [2.75, 3.05) is 34.2 Å². The third-order valence-electron chi connectivity index (χ3n) is 3.37. The highest BCUT2D eigenvalue weighted by atomic mass is 16.1. The summed E-state index contributed by atoms with van der Waals surface area (Å²) in [6, 6.07) is 0.434. The first-order chi connectivity index (χ1) is 8.06. The molecule has 0 aromatic heterocycles. The van der Waals surface area contributed by atoms with Gasteiger partial charge in [0.15, 0.2) is 0 Å². The van der Waals surface area contributed by atoms with Crippen molar-refractivity contribution >= 4 is 5.91 Å². The lowest BCUT2D eigenvalue weighted by atomic mass is 9.93. The van der Waals surface area contributed by atoms with Crippen molar-refractivity contribution in [2.24, 2.45) is 5.92 Å². The van der Waals surface area contributed by atoms with Crippen LogP contribution in [0.15, 0.2) is 0 Å². The standard InChI is InChI=1S/C13H29N3O/c1-6-11(7-2)12(16(4)5)10-15-13(17)8-9-14-3/h11-12,14H,6-10H2,1-5H3,(H,15,17). The van der Waals surface area contributed by atoms with Gasteiger partial charge in [0.25, 0.3) is 0 Å².